The Balaban J connectivity index is 0.000000641. The maximum Gasteiger partial charge on any atom is 0.209 e. The molecule has 0 saturated carbocycles. The summed E-state index contributed by atoms with van der Waals surface area (Å²) in [6.07, 6.45) is 5.05. The van der Waals surface area contributed by atoms with Crippen LogP contribution in [0.25, 0.3) is 0 Å². The zero-order valence-corrected chi connectivity index (χ0v) is 21.0. The first-order valence-electron chi connectivity index (χ1n) is 11.4. The van der Waals surface area contributed by atoms with Crippen LogP contribution in [0.2, 0.25) is 0 Å². The molecule has 0 bridgehead atoms. The summed E-state index contributed by atoms with van der Waals surface area (Å²) in [5.41, 5.74) is 11.4. The third kappa shape index (κ3) is 7.24. The van der Waals surface area contributed by atoms with Gasteiger partial charge < -0.3 is 36.2 Å². The quantitative estimate of drug-likeness (QED) is 0.310. The van der Waals surface area contributed by atoms with E-state index in [0.29, 0.717) is 56.2 Å². The van der Waals surface area contributed by atoms with Gasteiger partial charge in [0.25, 0.3) is 0 Å². The molecule has 1 aromatic heterocycles. The molecule has 0 aromatic carbocycles. The summed E-state index contributed by atoms with van der Waals surface area (Å²) in [7, 11) is 1.71. The number of hydrogen-bond donors (Lipinski definition) is 3. The second-order valence-corrected chi connectivity index (χ2v) is 9.24. The zero-order chi connectivity index (χ0) is 26.1. The number of aromatic nitrogens is 1. The highest BCUT2D eigenvalue weighted by Gasteiger charge is 2.42. The van der Waals surface area contributed by atoms with Gasteiger partial charge in [0, 0.05) is 45.1 Å². The molecular weight excluding hydrogens is 448 g/mol. The molecule has 2 saturated heterocycles. The van der Waals surface area contributed by atoms with Gasteiger partial charge in [-0.3, -0.25) is 4.79 Å². The number of hydrogen-bond acceptors (Lipinski definition) is 9. The molecule has 1 atom stereocenters. The van der Waals surface area contributed by atoms with E-state index in [1.165, 1.54) is 12.3 Å². The van der Waals surface area contributed by atoms with Crippen molar-refractivity contribution < 1.29 is 14.3 Å². The van der Waals surface area contributed by atoms with E-state index in [4.69, 9.17) is 26.4 Å². The number of nitriles is 1. The highest BCUT2D eigenvalue weighted by molar-refractivity contribution is 5.96. The fraction of sp³-hybridized carbons (Fsp3) is 0.542. The minimum atomic E-state index is -0.944. The number of nitrogens with one attached hydrogen (secondary N) is 1. The van der Waals surface area contributed by atoms with E-state index >= 15 is 0 Å². The number of pyridine rings is 1. The van der Waals surface area contributed by atoms with Crippen LogP contribution in [-0.4, -0.2) is 80.4 Å². The van der Waals surface area contributed by atoms with Crippen LogP contribution in [0.1, 0.15) is 38.3 Å². The predicted molar refractivity (Wildman–Crippen MR) is 136 cm³/mol. The van der Waals surface area contributed by atoms with Crippen molar-refractivity contribution in [1.29, 1.82) is 10.7 Å². The molecule has 3 rings (SSSR count). The first kappa shape index (κ1) is 27.8. The van der Waals surface area contributed by atoms with E-state index in [1.54, 1.807) is 12.0 Å². The molecule has 3 heterocycles. The lowest BCUT2D eigenvalue weighted by Crippen LogP contribution is -2.37. The van der Waals surface area contributed by atoms with E-state index < -0.39 is 5.41 Å². The standard InChI is InChI=1S/C19H24N8O2.C5H12O/c20-3-1-16(23)24-18-14(10-21)15(19(11-22)2-4-26(12-19)13-28)9-17(25-18)27-5-7-29-8-6-27;1-5(2,3)6-4/h1,3,9-10,13,21H,2,4-8,12,20H2,(H2,23,24,25);1-4H3/b3-1-,21-10?;. The molecule has 1 unspecified atom stereocenters. The van der Waals surface area contributed by atoms with Crippen molar-refractivity contribution in [2.24, 2.45) is 16.5 Å². The number of carbonyl (C=O) groups is 1. The van der Waals surface area contributed by atoms with Crippen molar-refractivity contribution in [2.45, 2.75) is 38.2 Å². The molecule has 0 spiro atoms. The molecule has 190 valence electrons. The number of carbonyl (C=O) groups excluding carboxylic acids is 1. The fourth-order valence-corrected chi connectivity index (χ4v) is 3.66. The molecule has 0 radical (unpaired) electrons. The van der Waals surface area contributed by atoms with Crippen molar-refractivity contribution >= 4 is 30.1 Å². The van der Waals surface area contributed by atoms with Crippen molar-refractivity contribution in [1.82, 2.24) is 9.88 Å². The van der Waals surface area contributed by atoms with Gasteiger partial charge in [0.15, 0.2) is 5.82 Å². The number of aliphatic imine (C=N–C) groups is 1. The van der Waals surface area contributed by atoms with Crippen LogP contribution in [0.15, 0.2) is 23.3 Å². The predicted octanol–water partition coefficient (Wildman–Crippen LogP) is 1.43. The van der Waals surface area contributed by atoms with Crippen molar-refractivity contribution in [2.75, 3.05) is 51.4 Å². The molecule has 1 amide bonds. The number of morpholine rings is 1. The van der Waals surface area contributed by atoms with Gasteiger partial charge in [0.2, 0.25) is 6.41 Å². The summed E-state index contributed by atoms with van der Waals surface area (Å²) in [5.74, 6) is 1.02. The van der Waals surface area contributed by atoms with E-state index in [1.807, 2.05) is 31.7 Å². The summed E-state index contributed by atoms with van der Waals surface area (Å²) in [5, 5.41) is 18.0. The molecule has 5 N–H and O–H groups in total. The molecule has 2 fully saturated rings. The Morgan fingerprint density at radius 3 is 2.51 bits per heavy atom. The maximum absolute atomic E-state index is 11.3. The Bertz CT molecular complexity index is 990. The van der Waals surface area contributed by atoms with Gasteiger partial charge in [-0.05, 0) is 51.1 Å². The van der Waals surface area contributed by atoms with E-state index in [-0.39, 0.29) is 23.8 Å². The lowest BCUT2D eigenvalue weighted by atomic mass is 9.79. The Hall–Kier alpha value is -3.49. The van der Waals surface area contributed by atoms with Gasteiger partial charge >= 0.3 is 0 Å². The first-order valence-corrected chi connectivity index (χ1v) is 11.4. The Kier molecular flexibility index (Phi) is 9.74. The normalized spacial score (nSPS) is 20.8. The molecule has 0 aliphatic carbocycles. The van der Waals surface area contributed by atoms with Crippen LogP contribution in [0, 0.1) is 16.7 Å². The van der Waals surface area contributed by atoms with Gasteiger partial charge in [-0.1, -0.05) is 0 Å². The second kappa shape index (κ2) is 12.3. The minimum Gasteiger partial charge on any atom is -0.404 e. The number of ether oxygens (including phenoxy) is 2. The zero-order valence-electron chi connectivity index (χ0n) is 21.0. The Morgan fingerprint density at radius 1 is 1.37 bits per heavy atom. The van der Waals surface area contributed by atoms with Gasteiger partial charge in [-0.15, -0.1) is 0 Å². The number of amides is 1. The van der Waals surface area contributed by atoms with Crippen LogP contribution >= 0.6 is 0 Å². The topological polar surface area (TPSA) is 167 Å². The summed E-state index contributed by atoms with van der Waals surface area (Å²) in [6, 6.07) is 4.21. The van der Waals surface area contributed by atoms with Crippen molar-refractivity contribution in [3.63, 3.8) is 0 Å². The fourth-order valence-electron chi connectivity index (χ4n) is 3.66. The molecule has 2 aliphatic heterocycles. The SMILES string of the molecule is COC(C)(C)C.N#CC1(c2cc(N3CCOCC3)nc(/N=C(N)\C=C/N)c2C=N)CCN(C=O)C1. The van der Waals surface area contributed by atoms with E-state index in [2.05, 4.69) is 16.0 Å². The number of anilines is 1. The van der Waals surface area contributed by atoms with E-state index in [0.717, 1.165) is 12.6 Å². The number of methoxy groups -OCH3 is 1. The molecule has 11 nitrogen and oxygen atoms in total. The lowest BCUT2D eigenvalue weighted by Gasteiger charge is -2.30. The minimum absolute atomic E-state index is 0.0417. The number of nitrogens with zero attached hydrogens (tertiary/aromatic N) is 5. The van der Waals surface area contributed by atoms with Crippen LogP contribution < -0.4 is 16.4 Å². The molecule has 11 heteroatoms. The summed E-state index contributed by atoms with van der Waals surface area (Å²) < 4.78 is 10.4. The number of nitrogens with two attached hydrogens (primary N) is 2. The summed E-state index contributed by atoms with van der Waals surface area (Å²) in [4.78, 5) is 23.8. The van der Waals surface area contributed by atoms with Crippen LogP contribution in [-0.2, 0) is 19.7 Å². The lowest BCUT2D eigenvalue weighted by molar-refractivity contribution is -0.117. The maximum atomic E-state index is 11.3. The molecular formula is C24H36N8O3. The molecule has 1 aromatic rings. The second-order valence-electron chi connectivity index (χ2n) is 9.24. The number of likely N-dealkylation sites (tertiary alicyclic amines) is 1. The average molecular weight is 485 g/mol. The molecule has 35 heavy (non-hydrogen) atoms. The smallest absolute Gasteiger partial charge is 0.209 e. The number of amidine groups is 1. The summed E-state index contributed by atoms with van der Waals surface area (Å²) >= 11 is 0. The van der Waals surface area contributed by atoms with Crippen LogP contribution in [0.4, 0.5) is 11.6 Å². The van der Waals surface area contributed by atoms with Gasteiger partial charge in [-0.2, -0.15) is 5.26 Å². The highest BCUT2D eigenvalue weighted by Crippen LogP contribution is 2.39. The van der Waals surface area contributed by atoms with Crippen molar-refractivity contribution in [3.05, 3.63) is 29.5 Å². The van der Waals surface area contributed by atoms with Gasteiger partial charge in [0.1, 0.15) is 17.1 Å². The third-order valence-electron chi connectivity index (χ3n) is 5.80. The molecule has 2 aliphatic rings. The van der Waals surface area contributed by atoms with Crippen LogP contribution in [0.5, 0.6) is 0 Å². The Labute approximate surface area is 206 Å². The number of rotatable bonds is 6. The monoisotopic (exact) mass is 484 g/mol. The van der Waals surface area contributed by atoms with Crippen molar-refractivity contribution in [3.8, 4) is 6.07 Å². The van der Waals surface area contributed by atoms with E-state index in [9.17, 15) is 10.1 Å². The first-order chi connectivity index (χ1) is 16.6. The van der Waals surface area contributed by atoms with Crippen LogP contribution in [0.3, 0.4) is 0 Å². The largest absolute Gasteiger partial charge is 0.404 e. The Morgan fingerprint density at radius 2 is 2.03 bits per heavy atom. The highest BCUT2D eigenvalue weighted by atomic mass is 16.5. The van der Waals surface area contributed by atoms with Gasteiger partial charge in [-0.25, -0.2) is 9.98 Å². The third-order valence-corrected chi connectivity index (χ3v) is 5.80. The summed E-state index contributed by atoms with van der Waals surface area (Å²) in [6.45, 7) is 9.23. The van der Waals surface area contributed by atoms with Gasteiger partial charge in [0.05, 0.1) is 24.9 Å². The average Bonchev–Trinajstić information content (AvgIpc) is 3.29.